The first kappa shape index (κ1) is 23.8. The Bertz CT molecular complexity index is 775. The van der Waals surface area contributed by atoms with Crippen LogP contribution in [0.3, 0.4) is 0 Å². The van der Waals surface area contributed by atoms with Crippen LogP contribution in [0.1, 0.15) is 60.3 Å². The van der Waals surface area contributed by atoms with Crippen LogP contribution in [0.25, 0.3) is 0 Å². The Morgan fingerprint density at radius 2 is 1.66 bits per heavy atom. The molecule has 1 fully saturated rings. The van der Waals surface area contributed by atoms with E-state index in [1.807, 2.05) is 4.90 Å². The Balaban J connectivity index is 2.20. The van der Waals surface area contributed by atoms with Gasteiger partial charge in [0.05, 0.1) is 11.4 Å². The van der Waals surface area contributed by atoms with E-state index < -0.39 is 10.0 Å². The fourth-order valence-electron chi connectivity index (χ4n) is 4.47. The smallest absolute Gasteiger partial charge is 0.243 e. The molecule has 6 nitrogen and oxygen atoms in total. The standard InChI is InChI=1S/C22H37N3O3S/c1-7-8-14-25(18-15-21(2,3)23-22(4,5)16-18)20(26)17-24(6)29(27,28)19-12-10-9-11-13-19/h9-13,18,23H,7-8,14-17H2,1-6H3. The number of sulfonamides is 1. The molecule has 2 rings (SSSR count). The van der Waals surface area contributed by atoms with Crippen molar-refractivity contribution in [2.24, 2.45) is 0 Å². The van der Waals surface area contributed by atoms with Gasteiger partial charge in [0, 0.05) is 30.7 Å². The number of piperidine rings is 1. The van der Waals surface area contributed by atoms with Crippen LogP contribution in [0, 0.1) is 0 Å². The highest BCUT2D eigenvalue weighted by Gasteiger charge is 2.41. The summed E-state index contributed by atoms with van der Waals surface area (Å²) in [6.45, 7) is 11.3. The van der Waals surface area contributed by atoms with Gasteiger partial charge in [0.1, 0.15) is 0 Å². The molecule has 0 saturated carbocycles. The number of nitrogens with zero attached hydrogens (tertiary/aromatic N) is 2. The zero-order valence-corrected chi connectivity index (χ0v) is 19.6. The van der Waals surface area contributed by atoms with Crippen LogP contribution in [0.5, 0.6) is 0 Å². The van der Waals surface area contributed by atoms with Crippen molar-refractivity contribution in [1.29, 1.82) is 0 Å². The first-order chi connectivity index (χ1) is 13.4. The van der Waals surface area contributed by atoms with Crippen molar-refractivity contribution < 1.29 is 13.2 Å². The van der Waals surface area contributed by atoms with Gasteiger partial charge in [-0.2, -0.15) is 4.31 Å². The van der Waals surface area contributed by atoms with Crippen molar-refractivity contribution in [1.82, 2.24) is 14.5 Å². The lowest BCUT2D eigenvalue weighted by atomic mass is 9.79. The number of likely N-dealkylation sites (N-methyl/N-ethyl adjacent to an activating group) is 1. The lowest BCUT2D eigenvalue weighted by molar-refractivity contribution is -0.135. The summed E-state index contributed by atoms with van der Waals surface area (Å²) in [7, 11) is -2.21. The molecular weight excluding hydrogens is 386 g/mol. The zero-order valence-electron chi connectivity index (χ0n) is 18.7. The molecule has 1 N–H and O–H groups in total. The van der Waals surface area contributed by atoms with E-state index in [0.29, 0.717) is 6.54 Å². The Kier molecular flexibility index (Phi) is 7.52. The second-order valence-corrected chi connectivity index (χ2v) is 11.5. The van der Waals surface area contributed by atoms with Crippen molar-refractivity contribution in [3.8, 4) is 0 Å². The molecule has 1 heterocycles. The van der Waals surface area contributed by atoms with E-state index in [4.69, 9.17) is 0 Å². The maximum atomic E-state index is 13.3. The molecule has 0 spiro atoms. The minimum absolute atomic E-state index is 0.0841. The molecule has 1 aliphatic heterocycles. The van der Waals surface area contributed by atoms with Crippen LogP contribution in [-0.2, 0) is 14.8 Å². The summed E-state index contributed by atoms with van der Waals surface area (Å²) >= 11 is 0. The van der Waals surface area contributed by atoms with E-state index in [1.54, 1.807) is 30.3 Å². The van der Waals surface area contributed by atoms with Gasteiger partial charge in [-0.3, -0.25) is 4.79 Å². The normalized spacial score (nSPS) is 19.3. The molecule has 0 unspecified atom stereocenters. The van der Waals surface area contributed by atoms with Gasteiger partial charge in [-0.15, -0.1) is 0 Å². The molecule has 1 saturated heterocycles. The molecule has 0 aliphatic carbocycles. The van der Waals surface area contributed by atoms with Gasteiger partial charge in [-0.05, 0) is 59.1 Å². The summed E-state index contributed by atoms with van der Waals surface area (Å²) in [5.41, 5.74) is -0.168. The van der Waals surface area contributed by atoms with Crippen molar-refractivity contribution >= 4 is 15.9 Å². The highest BCUT2D eigenvalue weighted by Crippen LogP contribution is 2.32. The van der Waals surface area contributed by atoms with Crippen LogP contribution in [0.15, 0.2) is 35.2 Å². The van der Waals surface area contributed by atoms with Gasteiger partial charge >= 0.3 is 0 Å². The number of unbranched alkanes of at least 4 members (excludes halogenated alkanes) is 1. The Morgan fingerprint density at radius 1 is 1.10 bits per heavy atom. The fraction of sp³-hybridized carbons (Fsp3) is 0.682. The van der Waals surface area contributed by atoms with Crippen LogP contribution < -0.4 is 5.32 Å². The number of hydrogen-bond acceptors (Lipinski definition) is 4. The SMILES string of the molecule is CCCCN(C(=O)CN(C)S(=O)(=O)c1ccccc1)C1CC(C)(C)NC(C)(C)C1. The van der Waals surface area contributed by atoms with E-state index in [-0.39, 0.29) is 34.5 Å². The van der Waals surface area contributed by atoms with Crippen molar-refractivity contribution in [3.63, 3.8) is 0 Å². The van der Waals surface area contributed by atoms with E-state index in [9.17, 15) is 13.2 Å². The van der Waals surface area contributed by atoms with Crippen LogP contribution in [0.2, 0.25) is 0 Å². The molecule has 1 aromatic carbocycles. The zero-order chi connectivity index (χ0) is 21.9. The van der Waals surface area contributed by atoms with E-state index in [1.165, 1.54) is 11.4 Å². The first-order valence-corrected chi connectivity index (χ1v) is 11.9. The molecule has 0 bridgehead atoms. The Labute approximate surface area is 176 Å². The topological polar surface area (TPSA) is 69.7 Å². The minimum Gasteiger partial charge on any atom is -0.338 e. The highest BCUT2D eigenvalue weighted by atomic mass is 32.2. The molecular formula is C22H37N3O3S. The fourth-order valence-corrected chi connectivity index (χ4v) is 5.61. The molecule has 29 heavy (non-hydrogen) atoms. The molecule has 0 radical (unpaired) electrons. The van der Waals surface area contributed by atoms with Crippen LogP contribution in [0.4, 0.5) is 0 Å². The third-order valence-corrected chi connectivity index (χ3v) is 7.31. The average Bonchev–Trinajstić information content (AvgIpc) is 2.60. The second-order valence-electron chi connectivity index (χ2n) is 9.47. The van der Waals surface area contributed by atoms with Gasteiger partial charge < -0.3 is 10.2 Å². The lowest BCUT2D eigenvalue weighted by Crippen LogP contribution is -2.63. The maximum Gasteiger partial charge on any atom is 0.243 e. The number of hydrogen-bond donors (Lipinski definition) is 1. The van der Waals surface area contributed by atoms with Gasteiger partial charge in [-0.25, -0.2) is 8.42 Å². The van der Waals surface area contributed by atoms with Gasteiger partial charge in [-0.1, -0.05) is 31.5 Å². The van der Waals surface area contributed by atoms with Crippen molar-refractivity contribution in [3.05, 3.63) is 30.3 Å². The Morgan fingerprint density at radius 3 is 2.17 bits per heavy atom. The third kappa shape index (κ3) is 6.27. The van der Waals surface area contributed by atoms with Gasteiger partial charge in [0.25, 0.3) is 0 Å². The van der Waals surface area contributed by atoms with Crippen LogP contribution >= 0.6 is 0 Å². The summed E-state index contributed by atoms with van der Waals surface area (Å²) in [5, 5.41) is 3.65. The summed E-state index contributed by atoms with van der Waals surface area (Å²) < 4.78 is 26.8. The largest absolute Gasteiger partial charge is 0.338 e. The third-order valence-electron chi connectivity index (χ3n) is 5.49. The number of carbonyl (C=O) groups is 1. The maximum absolute atomic E-state index is 13.3. The number of nitrogens with one attached hydrogen (secondary N) is 1. The van der Waals surface area contributed by atoms with Crippen molar-refractivity contribution in [2.45, 2.75) is 82.3 Å². The molecule has 1 amide bonds. The summed E-state index contributed by atoms with van der Waals surface area (Å²) in [6, 6.07) is 8.36. The average molecular weight is 424 g/mol. The predicted octanol–water partition coefficient (Wildman–Crippen LogP) is 3.25. The van der Waals surface area contributed by atoms with Gasteiger partial charge in [0.2, 0.25) is 15.9 Å². The second kappa shape index (κ2) is 9.14. The van der Waals surface area contributed by atoms with E-state index >= 15 is 0 Å². The number of rotatable bonds is 8. The molecule has 0 aromatic heterocycles. The molecule has 0 atom stereocenters. The summed E-state index contributed by atoms with van der Waals surface area (Å²) in [6.07, 6.45) is 3.59. The molecule has 1 aromatic rings. The van der Waals surface area contributed by atoms with Gasteiger partial charge in [0.15, 0.2) is 0 Å². The molecule has 7 heteroatoms. The monoisotopic (exact) mass is 423 g/mol. The predicted molar refractivity (Wildman–Crippen MR) is 117 cm³/mol. The number of carbonyl (C=O) groups excluding carboxylic acids is 1. The molecule has 1 aliphatic rings. The summed E-state index contributed by atoms with van der Waals surface area (Å²) in [4.78, 5) is 15.4. The number of benzene rings is 1. The number of amides is 1. The Hall–Kier alpha value is -1.44. The van der Waals surface area contributed by atoms with E-state index in [2.05, 4.69) is 39.9 Å². The lowest BCUT2D eigenvalue weighted by Gasteiger charge is -2.49. The van der Waals surface area contributed by atoms with Crippen LogP contribution in [-0.4, -0.2) is 60.8 Å². The van der Waals surface area contributed by atoms with Crippen molar-refractivity contribution in [2.75, 3.05) is 20.1 Å². The first-order valence-electron chi connectivity index (χ1n) is 10.5. The summed E-state index contributed by atoms with van der Waals surface area (Å²) in [5.74, 6) is -0.126. The highest BCUT2D eigenvalue weighted by molar-refractivity contribution is 7.89. The van der Waals surface area contributed by atoms with E-state index in [0.717, 1.165) is 25.7 Å². The molecule has 164 valence electrons. The quantitative estimate of drug-likeness (QED) is 0.697. The minimum atomic E-state index is -3.69.